The van der Waals surface area contributed by atoms with Gasteiger partial charge in [-0.25, -0.2) is 0 Å². The van der Waals surface area contributed by atoms with Gasteiger partial charge >= 0.3 is 65.9 Å². The van der Waals surface area contributed by atoms with Crippen LogP contribution in [-0.2, 0) is 4.79 Å². The number of carbonyl (C=O) groups excluding carboxylic acids is 1. The summed E-state index contributed by atoms with van der Waals surface area (Å²) in [5, 5.41) is 2.56. The molecule has 3 nitrogen and oxygen atoms in total. The predicted molar refractivity (Wildman–Crippen MR) is 38.5 cm³/mol. The topological polar surface area (TPSA) is 55.1 Å². The van der Waals surface area contributed by atoms with Gasteiger partial charge in [-0.2, -0.15) is 0 Å². The zero-order valence-electron chi connectivity index (χ0n) is 5.34. The normalized spacial score (nSPS) is 12.1. The number of nitrogens with two attached hydrogens (primary N) is 1. The molecule has 3 N–H and O–H groups in total. The van der Waals surface area contributed by atoms with Crippen molar-refractivity contribution >= 4 is 26.5 Å². The number of nitrogens with one attached hydrogen (secondary N) is 1. The molecule has 0 aromatic rings. The maximum atomic E-state index is 11.6. The van der Waals surface area contributed by atoms with Crippen LogP contribution in [0, 0.1) is 0 Å². The molecule has 0 aliphatic carbocycles. The molecule has 0 spiro atoms. The molecule has 10 heavy (non-hydrogen) atoms. The zero-order valence-corrected chi connectivity index (χ0v) is 7.05. The standard InChI is InChI=1S/C5H9FN2OSe/c6-2-1-4(3-9)8-5(7)10/h3-4H,1-2H2,(H3,7,8,10). The van der Waals surface area contributed by atoms with E-state index in [0.717, 1.165) is 0 Å². The molecule has 5 heteroatoms. The number of hydrogen-bond acceptors (Lipinski definition) is 3. The van der Waals surface area contributed by atoms with Crippen LogP contribution in [0.25, 0.3) is 0 Å². The van der Waals surface area contributed by atoms with Crippen LogP contribution in [0.3, 0.4) is 0 Å². The summed E-state index contributed by atoms with van der Waals surface area (Å²) in [5.41, 5.74) is 5.17. The Kier molecular flexibility index (Phi) is 5.16. The summed E-state index contributed by atoms with van der Waals surface area (Å²) >= 11 is 2.47. The van der Waals surface area contributed by atoms with Gasteiger partial charge in [0.15, 0.2) is 0 Å². The van der Waals surface area contributed by atoms with Gasteiger partial charge in [0, 0.05) is 0 Å². The Morgan fingerprint density at radius 1 is 1.90 bits per heavy atom. The molecular formula is C5H9FN2OSe. The molecule has 0 aliphatic heterocycles. The van der Waals surface area contributed by atoms with E-state index in [9.17, 15) is 9.18 Å². The molecule has 0 aliphatic rings. The van der Waals surface area contributed by atoms with Crippen LogP contribution in [0.5, 0.6) is 0 Å². The van der Waals surface area contributed by atoms with Crippen molar-refractivity contribution < 1.29 is 9.18 Å². The van der Waals surface area contributed by atoms with E-state index in [-0.39, 0.29) is 6.42 Å². The Labute approximate surface area is 66.5 Å². The average molecular weight is 211 g/mol. The van der Waals surface area contributed by atoms with Crippen LogP contribution < -0.4 is 11.1 Å². The Morgan fingerprint density at radius 3 is 2.80 bits per heavy atom. The van der Waals surface area contributed by atoms with Gasteiger partial charge in [-0.1, -0.05) is 0 Å². The number of carbonyl (C=O) groups is 1. The first kappa shape index (κ1) is 9.59. The molecule has 58 valence electrons. The second-order valence-corrected chi connectivity index (χ2v) is 2.65. The molecule has 0 bridgehead atoms. The first-order valence-corrected chi connectivity index (χ1v) is 3.63. The fourth-order valence-corrected chi connectivity index (χ4v) is 0.792. The van der Waals surface area contributed by atoms with E-state index in [1.54, 1.807) is 0 Å². The van der Waals surface area contributed by atoms with Gasteiger partial charge in [0.2, 0.25) is 0 Å². The minimum atomic E-state index is -0.524. The Hall–Kier alpha value is -0.411. The van der Waals surface area contributed by atoms with E-state index in [2.05, 4.69) is 20.9 Å². The van der Waals surface area contributed by atoms with Crippen LogP contribution in [0.15, 0.2) is 0 Å². The third-order valence-electron chi connectivity index (χ3n) is 0.912. The summed E-state index contributed by atoms with van der Waals surface area (Å²) in [5.74, 6) is 0. The summed E-state index contributed by atoms with van der Waals surface area (Å²) in [4.78, 5) is 10.1. The average Bonchev–Trinajstić information content (AvgIpc) is 1.86. The van der Waals surface area contributed by atoms with E-state index in [1.807, 2.05) is 0 Å². The fourth-order valence-electron chi connectivity index (χ4n) is 0.475. The Balaban J connectivity index is 3.59. The zero-order chi connectivity index (χ0) is 7.98. The molecule has 0 saturated carbocycles. The van der Waals surface area contributed by atoms with Gasteiger partial charge in [-0.05, 0) is 0 Å². The molecule has 1 unspecified atom stereocenters. The van der Waals surface area contributed by atoms with Crippen LogP contribution in [0.2, 0.25) is 0 Å². The van der Waals surface area contributed by atoms with Crippen molar-refractivity contribution in [3.05, 3.63) is 0 Å². The van der Waals surface area contributed by atoms with Gasteiger partial charge in [0.25, 0.3) is 0 Å². The van der Waals surface area contributed by atoms with E-state index in [1.165, 1.54) is 0 Å². The van der Waals surface area contributed by atoms with Gasteiger partial charge < -0.3 is 0 Å². The molecule has 1 atom stereocenters. The first-order valence-electron chi connectivity index (χ1n) is 2.78. The molecule has 0 rings (SSSR count). The number of aldehydes is 1. The van der Waals surface area contributed by atoms with Crippen LogP contribution in [0.4, 0.5) is 4.39 Å². The van der Waals surface area contributed by atoms with Crippen LogP contribution in [-0.4, -0.2) is 39.2 Å². The van der Waals surface area contributed by atoms with E-state index in [0.29, 0.717) is 11.0 Å². The Bertz CT molecular complexity index is 131. The van der Waals surface area contributed by atoms with Crippen molar-refractivity contribution in [3.8, 4) is 0 Å². The third kappa shape index (κ3) is 4.47. The molecule has 0 aromatic carbocycles. The number of hydrogen-bond donors (Lipinski definition) is 2. The molecule has 0 saturated heterocycles. The van der Waals surface area contributed by atoms with Crippen molar-refractivity contribution in [3.63, 3.8) is 0 Å². The number of halogens is 1. The van der Waals surface area contributed by atoms with Crippen molar-refractivity contribution in [1.82, 2.24) is 5.32 Å². The van der Waals surface area contributed by atoms with Crippen molar-refractivity contribution in [2.75, 3.05) is 6.67 Å². The van der Waals surface area contributed by atoms with Crippen molar-refractivity contribution in [1.29, 1.82) is 0 Å². The van der Waals surface area contributed by atoms with Crippen LogP contribution >= 0.6 is 0 Å². The molecule has 0 heterocycles. The predicted octanol–water partition coefficient (Wildman–Crippen LogP) is -1.28. The van der Waals surface area contributed by atoms with E-state index < -0.39 is 12.7 Å². The fraction of sp³-hybridized carbons (Fsp3) is 0.600. The van der Waals surface area contributed by atoms with Crippen molar-refractivity contribution in [2.45, 2.75) is 12.5 Å². The summed E-state index contributed by atoms with van der Waals surface area (Å²) in [6.45, 7) is -0.524. The minimum absolute atomic E-state index is 0.159. The SMILES string of the molecule is NC(=[Se])NC(C=O)CCF. The van der Waals surface area contributed by atoms with Gasteiger partial charge in [0.05, 0.1) is 0 Å². The summed E-state index contributed by atoms with van der Waals surface area (Å²) < 4.78 is 11.9. The Morgan fingerprint density at radius 2 is 2.50 bits per heavy atom. The van der Waals surface area contributed by atoms with Gasteiger partial charge in [-0.15, -0.1) is 0 Å². The first-order chi connectivity index (χ1) is 4.70. The third-order valence-corrected chi connectivity index (χ3v) is 1.16. The maximum absolute atomic E-state index is 11.6. The second-order valence-electron chi connectivity index (χ2n) is 1.73. The second kappa shape index (κ2) is 5.38. The number of rotatable bonds is 5. The number of alkyl halides is 1. The summed E-state index contributed by atoms with van der Waals surface area (Å²) in [7, 11) is 0. The van der Waals surface area contributed by atoms with E-state index >= 15 is 0 Å². The molecule has 0 fully saturated rings. The summed E-state index contributed by atoms with van der Waals surface area (Å²) in [6, 6.07) is -0.508. The molecule has 0 radical (unpaired) electrons. The van der Waals surface area contributed by atoms with Gasteiger partial charge in [-0.3, -0.25) is 0 Å². The van der Waals surface area contributed by atoms with E-state index in [4.69, 9.17) is 5.73 Å². The molecule has 0 aromatic heterocycles. The molecular weight excluding hydrogens is 202 g/mol. The van der Waals surface area contributed by atoms with Gasteiger partial charge in [0.1, 0.15) is 0 Å². The van der Waals surface area contributed by atoms with Crippen molar-refractivity contribution in [2.24, 2.45) is 5.73 Å². The monoisotopic (exact) mass is 212 g/mol. The van der Waals surface area contributed by atoms with Crippen LogP contribution in [0.1, 0.15) is 6.42 Å². The summed E-state index contributed by atoms with van der Waals surface area (Å²) in [6.07, 6.45) is 0.787. The quantitative estimate of drug-likeness (QED) is 0.440. The molecule has 0 amide bonds.